The number of carbonyl (C=O) groups is 1. The maximum Gasteiger partial charge on any atom is 0.338 e. The van der Waals surface area contributed by atoms with Crippen molar-refractivity contribution in [2.75, 3.05) is 0 Å². The summed E-state index contributed by atoms with van der Waals surface area (Å²) in [5.41, 5.74) is -0.135. The van der Waals surface area contributed by atoms with Crippen LogP contribution in [0.2, 0.25) is 0 Å². The monoisotopic (exact) mass is 188 g/mol. The molecule has 0 saturated carbocycles. The van der Waals surface area contributed by atoms with Gasteiger partial charge in [0, 0.05) is 5.56 Å². The number of halogens is 2. The van der Waals surface area contributed by atoms with Crippen LogP contribution in [0.1, 0.15) is 15.9 Å². The summed E-state index contributed by atoms with van der Waals surface area (Å²) in [6.07, 6.45) is 0. The maximum absolute atomic E-state index is 13.1. The number of alkyl halides is 1. The molecule has 0 saturated heterocycles. The lowest BCUT2D eigenvalue weighted by atomic mass is 10.1. The summed E-state index contributed by atoms with van der Waals surface area (Å²) in [5.74, 6) is -2.05. The number of aromatic carboxylic acids is 1. The number of hydrogen-bond donors (Lipinski definition) is 1. The van der Waals surface area contributed by atoms with Gasteiger partial charge in [-0.05, 0) is 6.07 Å². The van der Waals surface area contributed by atoms with Crippen LogP contribution in [0.4, 0.5) is 4.39 Å². The molecule has 1 rings (SSSR count). The van der Waals surface area contributed by atoms with E-state index in [0.717, 1.165) is 0 Å². The summed E-state index contributed by atoms with van der Waals surface area (Å²) in [4.78, 5) is 10.4. The predicted molar refractivity (Wildman–Crippen MR) is 42.9 cm³/mol. The molecule has 0 spiro atoms. The zero-order valence-corrected chi connectivity index (χ0v) is 6.81. The lowest BCUT2D eigenvalue weighted by molar-refractivity contribution is 0.0691. The third kappa shape index (κ3) is 1.56. The summed E-state index contributed by atoms with van der Waals surface area (Å²) in [7, 11) is 0. The summed E-state index contributed by atoms with van der Waals surface area (Å²) in [5, 5.41) is 8.50. The van der Waals surface area contributed by atoms with Gasteiger partial charge in [-0.15, -0.1) is 11.6 Å². The maximum atomic E-state index is 13.1. The topological polar surface area (TPSA) is 37.3 Å². The quantitative estimate of drug-likeness (QED) is 0.723. The molecule has 0 aliphatic carbocycles. The first kappa shape index (κ1) is 9.00. The molecule has 1 aromatic carbocycles. The highest BCUT2D eigenvalue weighted by Crippen LogP contribution is 2.14. The summed E-state index contributed by atoms with van der Waals surface area (Å²) in [6.45, 7) is 0. The Hall–Kier alpha value is -1.09. The molecule has 0 radical (unpaired) electrons. The SMILES string of the molecule is O=C(O)c1cccc(CCl)c1F. The Morgan fingerprint density at radius 2 is 2.25 bits per heavy atom. The molecule has 0 bridgehead atoms. The van der Waals surface area contributed by atoms with Crippen molar-refractivity contribution in [2.24, 2.45) is 0 Å². The summed E-state index contributed by atoms with van der Waals surface area (Å²) < 4.78 is 13.1. The molecule has 1 N–H and O–H groups in total. The number of benzene rings is 1. The van der Waals surface area contributed by atoms with Crippen LogP contribution in [0.5, 0.6) is 0 Å². The van der Waals surface area contributed by atoms with Crippen molar-refractivity contribution in [3.63, 3.8) is 0 Å². The molecule has 0 unspecified atom stereocenters. The van der Waals surface area contributed by atoms with Crippen LogP contribution in [0.3, 0.4) is 0 Å². The molecule has 0 aliphatic rings. The average molecular weight is 189 g/mol. The molecule has 64 valence electrons. The van der Waals surface area contributed by atoms with E-state index in [1.54, 1.807) is 0 Å². The van der Waals surface area contributed by atoms with Gasteiger partial charge in [0.2, 0.25) is 0 Å². The van der Waals surface area contributed by atoms with E-state index in [9.17, 15) is 9.18 Å². The Labute approximate surface area is 73.6 Å². The number of carboxylic acids is 1. The van der Waals surface area contributed by atoms with Crippen LogP contribution in [0.15, 0.2) is 18.2 Å². The minimum atomic E-state index is -1.28. The second-order valence-electron chi connectivity index (χ2n) is 2.22. The highest BCUT2D eigenvalue weighted by atomic mass is 35.5. The summed E-state index contributed by atoms with van der Waals surface area (Å²) >= 11 is 5.38. The van der Waals surface area contributed by atoms with Crippen molar-refractivity contribution in [3.05, 3.63) is 35.1 Å². The van der Waals surface area contributed by atoms with Gasteiger partial charge >= 0.3 is 5.97 Å². The second kappa shape index (κ2) is 3.54. The van der Waals surface area contributed by atoms with Crippen LogP contribution in [0.25, 0.3) is 0 Å². The van der Waals surface area contributed by atoms with Crippen molar-refractivity contribution in [3.8, 4) is 0 Å². The Balaban J connectivity index is 3.23. The molecule has 12 heavy (non-hydrogen) atoms. The molecule has 0 aromatic heterocycles. The van der Waals surface area contributed by atoms with Crippen molar-refractivity contribution in [2.45, 2.75) is 5.88 Å². The summed E-state index contributed by atoms with van der Waals surface area (Å²) in [6, 6.07) is 4.12. The zero-order chi connectivity index (χ0) is 9.14. The third-order valence-corrected chi connectivity index (χ3v) is 1.74. The van der Waals surface area contributed by atoms with Gasteiger partial charge in [-0.2, -0.15) is 0 Å². The molecular weight excluding hydrogens is 183 g/mol. The predicted octanol–water partition coefficient (Wildman–Crippen LogP) is 2.26. The fraction of sp³-hybridized carbons (Fsp3) is 0.125. The lowest BCUT2D eigenvalue weighted by Gasteiger charge is -2.00. The Bertz CT molecular complexity index is 312. The smallest absolute Gasteiger partial charge is 0.338 e. The van der Waals surface area contributed by atoms with E-state index >= 15 is 0 Å². The van der Waals surface area contributed by atoms with Crippen LogP contribution >= 0.6 is 11.6 Å². The van der Waals surface area contributed by atoms with Crippen LogP contribution in [0, 0.1) is 5.82 Å². The second-order valence-corrected chi connectivity index (χ2v) is 2.48. The molecule has 4 heteroatoms. The van der Waals surface area contributed by atoms with Gasteiger partial charge in [-0.3, -0.25) is 0 Å². The van der Waals surface area contributed by atoms with Gasteiger partial charge in [-0.25, -0.2) is 9.18 Å². The van der Waals surface area contributed by atoms with E-state index in [2.05, 4.69) is 0 Å². The molecule has 1 aromatic rings. The van der Waals surface area contributed by atoms with E-state index in [0.29, 0.717) is 0 Å². The number of hydrogen-bond acceptors (Lipinski definition) is 1. The van der Waals surface area contributed by atoms with Gasteiger partial charge in [0.05, 0.1) is 11.4 Å². The average Bonchev–Trinajstić information content (AvgIpc) is 2.04. The first-order valence-electron chi connectivity index (χ1n) is 3.23. The normalized spacial score (nSPS) is 9.83. The van der Waals surface area contributed by atoms with Gasteiger partial charge in [0.15, 0.2) is 0 Å². The minimum absolute atomic E-state index is 0.0209. The highest BCUT2D eigenvalue weighted by Gasteiger charge is 2.12. The zero-order valence-electron chi connectivity index (χ0n) is 6.05. The molecular formula is C8H6ClFO2. The van der Waals surface area contributed by atoms with E-state index in [1.807, 2.05) is 0 Å². The number of rotatable bonds is 2. The molecule has 0 heterocycles. The van der Waals surface area contributed by atoms with Crippen LogP contribution in [-0.2, 0) is 5.88 Å². The fourth-order valence-corrected chi connectivity index (χ4v) is 1.05. The molecule has 0 fully saturated rings. The van der Waals surface area contributed by atoms with Crippen molar-refractivity contribution in [1.29, 1.82) is 0 Å². The first-order chi connectivity index (χ1) is 5.66. The van der Waals surface area contributed by atoms with Gasteiger partial charge in [0.1, 0.15) is 5.82 Å². The van der Waals surface area contributed by atoms with Gasteiger partial charge in [0.25, 0.3) is 0 Å². The molecule has 0 amide bonds. The van der Waals surface area contributed by atoms with E-state index in [4.69, 9.17) is 16.7 Å². The molecule has 0 atom stereocenters. The Morgan fingerprint density at radius 1 is 1.58 bits per heavy atom. The van der Waals surface area contributed by atoms with Gasteiger partial charge < -0.3 is 5.11 Å². The van der Waals surface area contributed by atoms with Crippen molar-refractivity contribution < 1.29 is 14.3 Å². The highest BCUT2D eigenvalue weighted by molar-refractivity contribution is 6.17. The van der Waals surface area contributed by atoms with Crippen LogP contribution < -0.4 is 0 Å². The third-order valence-electron chi connectivity index (χ3n) is 1.45. The minimum Gasteiger partial charge on any atom is -0.478 e. The van der Waals surface area contributed by atoms with E-state index in [-0.39, 0.29) is 17.0 Å². The number of carboxylic acid groups (broad SMARTS) is 1. The van der Waals surface area contributed by atoms with Gasteiger partial charge in [-0.1, -0.05) is 12.1 Å². The standard InChI is InChI=1S/C8H6ClFO2/c9-4-5-2-1-3-6(7(5)10)8(11)12/h1-3H,4H2,(H,11,12). The van der Waals surface area contributed by atoms with E-state index < -0.39 is 11.8 Å². The fourth-order valence-electron chi connectivity index (χ4n) is 0.848. The Morgan fingerprint density at radius 3 is 2.75 bits per heavy atom. The first-order valence-corrected chi connectivity index (χ1v) is 3.77. The van der Waals surface area contributed by atoms with E-state index in [1.165, 1.54) is 18.2 Å². The van der Waals surface area contributed by atoms with Crippen LogP contribution in [-0.4, -0.2) is 11.1 Å². The van der Waals surface area contributed by atoms with Crippen molar-refractivity contribution >= 4 is 17.6 Å². The molecule has 0 aliphatic heterocycles. The molecule has 2 nitrogen and oxygen atoms in total. The Kier molecular flexibility index (Phi) is 2.65. The lowest BCUT2D eigenvalue weighted by Crippen LogP contribution is -2.02. The largest absolute Gasteiger partial charge is 0.478 e. The van der Waals surface area contributed by atoms with Crippen molar-refractivity contribution in [1.82, 2.24) is 0 Å².